The van der Waals surface area contributed by atoms with Gasteiger partial charge in [0.2, 0.25) is 0 Å². The number of carboxylic acid groups (broad SMARTS) is 1. The Kier molecular flexibility index (Phi) is 8.78. The van der Waals surface area contributed by atoms with E-state index in [2.05, 4.69) is 48.4 Å². The van der Waals surface area contributed by atoms with E-state index in [-0.39, 0.29) is 17.8 Å². The molecular weight excluding hydrogens is 430 g/mol. The minimum absolute atomic E-state index is 0.0145. The number of nitrogens with zero attached hydrogens (tertiary/aromatic N) is 2. The van der Waals surface area contributed by atoms with Crippen LogP contribution < -0.4 is 5.32 Å². The number of rotatable bonds is 9. The van der Waals surface area contributed by atoms with Gasteiger partial charge >= 0.3 is 12.0 Å². The predicted molar refractivity (Wildman–Crippen MR) is 127 cm³/mol. The van der Waals surface area contributed by atoms with Crippen molar-refractivity contribution in [3.05, 3.63) is 41.6 Å². The van der Waals surface area contributed by atoms with E-state index in [1.807, 2.05) is 4.90 Å². The maximum atomic E-state index is 13.1. The van der Waals surface area contributed by atoms with Gasteiger partial charge in [-0.3, -0.25) is 10.1 Å². The molecule has 1 saturated carbocycles. The number of hydrogen-bond acceptors (Lipinski definition) is 5. The number of aromatic nitrogens is 1. The first-order valence-corrected chi connectivity index (χ1v) is 12.7. The summed E-state index contributed by atoms with van der Waals surface area (Å²) >= 11 is 2.53. The van der Waals surface area contributed by atoms with Crippen LogP contribution >= 0.6 is 23.1 Å². The van der Waals surface area contributed by atoms with Gasteiger partial charge in [-0.05, 0) is 36.3 Å². The minimum atomic E-state index is -0.867. The number of hydrogen-bond donors (Lipinski definition) is 2. The Balaban J connectivity index is 1.63. The van der Waals surface area contributed by atoms with E-state index in [4.69, 9.17) is 5.11 Å². The molecular formula is C23H31N3O3S2. The van der Waals surface area contributed by atoms with Crippen LogP contribution in [-0.2, 0) is 11.2 Å². The van der Waals surface area contributed by atoms with Gasteiger partial charge in [0.05, 0.1) is 16.2 Å². The first-order chi connectivity index (χ1) is 14.9. The molecule has 1 aliphatic carbocycles. The fraction of sp³-hybridized carbons (Fsp3) is 0.522. The van der Waals surface area contributed by atoms with E-state index in [1.54, 1.807) is 6.20 Å². The minimum Gasteiger partial charge on any atom is -0.481 e. The lowest BCUT2D eigenvalue weighted by Gasteiger charge is -2.34. The molecule has 1 aromatic carbocycles. The van der Waals surface area contributed by atoms with Crippen LogP contribution in [0.25, 0.3) is 0 Å². The molecule has 8 heteroatoms. The summed E-state index contributed by atoms with van der Waals surface area (Å²) in [5.74, 6) is -0.372. The molecule has 0 unspecified atom stereocenters. The number of aliphatic carboxylic acids is 1. The standard InChI is InChI=1S/C23H31N3O3S2/c1-16(2)18-10-8-17(9-11-18)12-13-26(19-6-4-3-5-7-19)23(29)25-22-24-14-21(31-22)30-15-20(27)28/h8-11,14,16,19H,3-7,12-13,15H2,1-2H3,(H,27,28)(H,24,25,29). The molecule has 1 aliphatic rings. The highest BCUT2D eigenvalue weighted by atomic mass is 32.2. The van der Waals surface area contributed by atoms with Crippen molar-refractivity contribution in [3.63, 3.8) is 0 Å². The van der Waals surface area contributed by atoms with Crippen molar-refractivity contribution in [2.24, 2.45) is 0 Å². The number of thioether (sulfide) groups is 1. The molecule has 0 aliphatic heterocycles. The molecule has 0 saturated heterocycles. The lowest BCUT2D eigenvalue weighted by atomic mass is 9.94. The summed E-state index contributed by atoms with van der Waals surface area (Å²) in [4.78, 5) is 30.1. The van der Waals surface area contributed by atoms with Crippen LogP contribution in [0, 0.1) is 0 Å². The van der Waals surface area contributed by atoms with Crippen molar-refractivity contribution in [2.45, 2.75) is 68.5 Å². The van der Waals surface area contributed by atoms with E-state index < -0.39 is 5.97 Å². The summed E-state index contributed by atoms with van der Waals surface area (Å²) in [6, 6.07) is 8.82. The smallest absolute Gasteiger partial charge is 0.323 e. The van der Waals surface area contributed by atoms with Gasteiger partial charge in [0, 0.05) is 12.6 Å². The number of urea groups is 1. The molecule has 6 nitrogen and oxygen atoms in total. The maximum Gasteiger partial charge on any atom is 0.323 e. The van der Waals surface area contributed by atoms with E-state index in [0.29, 0.717) is 17.6 Å². The van der Waals surface area contributed by atoms with Gasteiger partial charge in [-0.25, -0.2) is 9.78 Å². The molecule has 31 heavy (non-hydrogen) atoms. The first kappa shape index (κ1) is 23.6. The number of nitrogens with one attached hydrogen (secondary N) is 1. The SMILES string of the molecule is CC(C)c1ccc(CCN(C(=O)Nc2ncc(SCC(=O)O)s2)C2CCCCC2)cc1. The van der Waals surface area contributed by atoms with Crippen molar-refractivity contribution >= 4 is 40.2 Å². The zero-order valence-corrected chi connectivity index (χ0v) is 19.8. The van der Waals surface area contributed by atoms with Crippen LogP contribution in [0.2, 0.25) is 0 Å². The summed E-state index contributed by atoms with van der Waals surface area (Å²) < 4.78 is 0.784. The number of anilines is 1. The average Bonchev–Trinajstić information content (AvgIpc) is 3.21. The predicted octanol–water partition coefficient (Wildman–Crippen LogP) is 5.85. The highest BCUT2D eigenvalue weighted by Crippen LogP contribution is 2.29. The van der Waals surface area contributed by atoms with Crippen LogP contribution in [0.15, 0.2) is 34.7 Å². The molecule has 2 N–H and O–H groups in total. The highest BCUT2D eigenvalue weighted by molar-refractivity contribution is 8.01. The zero-order chi connectivity index (χ0) is 22.2. The van der Waals surface area contributed by atoms with Crippen LogP contribution in [0.3, 0.4) is 0 Å². The molecule has 0 atom stereocenters. The second-order valence-electron chi connectivity index (χ2n) is 8.23. The Morgan fingerprint density at radius 3 is 2.58 bits per heavy atom. The van der Waals surface area contributed by atoms with E-state index in [0.717, 1.165) is 36.3 Å². The van der Waals surface area contributed by atoms with Gasteiger partial charge in [0.15, 0.2) is 5.13 Å². The van der Waals surface area contributed by atoms with Crippen molar-refractivity contribution in [2.75, 3.05) is 17.6 Å². The number of carboxylic acids is 1. The van der Waals surface area contributed by atoms with Crippen LogP contribution in [0.5, 0.6) is 0 Å². The summed E-state index contributed by atoms with van der Waals surface area (Å²) in [5, 5.41) is 12.3. The van der Waals surface area contributed by atoms with Gasteiger partial charge in [0.1, 0.15) is 0 Å². The molecule has 1 fully saturated rings. The average molecular weight is 462 g/mol. The van der Waals surface area contributed by atoms with Crippen molar-refractivity contribution < 1.29 is 14.7 Å². The Morgan fingerprint density at radius 1 is 1.23 bits per heavy atom. The molecule has 0 bridgehead atoms. The Labute approximate surface area is 192 Å². The Morgan fingerprint density at radius 2 is 1.94 bits per heavy atom. The Bertz CT molecular complexity index is 861. The van der Waals surface area contributed by atoms with E-state index in [1.165, 1.54) is 40.6 Å². The fourth-order valence-corrected chi connectivity index (χ4v) is 5.42. The third-order valence-electron chi connectivity index (χ3n) is 5.60. The van der Waals surface area contributed by atoms with Crippen molar-refractivity contribution in [1.82, 2.24) is 9.88 Å². The van der Waals surface area contributed by atoms with Crippen molar-refractivity contribution in [3.8, 4) is 0 Å². The second-order valence-corrected chi connectivity index (χ2v) is 10.5. The molecule has 168 valence electrons. The van der Waals surface area contributed by atoms with Gasteiger partial charge in [-0.2, -0.15) is 0 Å². The summed E-state index contributed by atoms with van der Waals surface area (Å²) in [7, 11) is 0. The number of amides is 2. The normalized spacial score (nSPS) is 14.5. The fourth-order valence-electron chi connectivity index (χ4n) is 3.84. The number of carbonyl (C=O) groups excluding carboxylic acids is 1. The van der Waals surface area contributed by atoms with E-state index in [9.17, 15) is 9.59 Å². The monoisotopic (exact) mass is 461 g/mol. The molecule has 1 aromatic heterocycles. The third kappa shape index (κ3) is 7.25. The molecule has 0 radical (unpaired) electrons. The lowest BCUT2D eigenvalue weighted by molar-refractivity contribution is -0.133. The van der Waals surface area contributed by atoms with Crippen molar-refractivity contribution in [1.29, 1.82) is 0 Å². The molecule has 2 amide bonds. The Hall–Kier alpha value is -2.06. The third-order valence-corrected chi connectivity index (χ3v) is 7.69. The molecule has 1 heterocycles. The quantitative estimate of drug-likeness (QED) is 0.458. The summed E-state index contributed by atoms with van der Waals surface area (Å²) in [6.45, 7) is 5.05. The van der Waals surface area contributed by atoms with Crippen LogP contribution in [0.4, 0.5) is 9.93 Å². The van der Waals surface area contributed by atoms with E-state index >= 15 is 0 Å². The van der Waals surface area contributed by atoms with Gasteiger partial charge in [0.25, 0.3) is 0 Å². The number of thiazole rings is 1. The molecule has 2 aromatic rings. The lowest BCUT2D eigenvalue weighted by Crippen LogP contribution is -2.45. The maximum absolute atomic E-state index is 13.1. The summed E-state index contributed by atoms with van der Waals surface area (Å²) in [6.07, 6.45) is 8.07. The summed E-state index contributed by atoms with van der Waals surface area (Å²) in [5.41, 5.74) is 2.56. The highest BCUT2D eigenvalue weighted by Gasteiger charge is 2.26. The first-order valence-electron chi connectivity index (χ1n) is 10.9. The van der Waals surface area contributed by atoms with Crippen LogP contribution in [0.1, 0.15) is 63.0 Å². The second kappa shape index (κ2) is 11.5. The number of carbonyl (C=O) groups is 2. The molecule has 3 rings (SSSR count). The topological polar surface area (TPSA) is 82.5 Å². The largest absolute Gasteiger partial charge is 0.481 e. The van der Waals surface area contributed by atoms with Gasteiger partial charge in [-0.15, -0.1) is 11.8 Å². The number of benzene rings is 1. The molecule has 0 spiro atoms. The zero-order valence-electron chi connectivity index (χ0n) is 18.2. The van der Waals surface area contributed by atoms with Gasteiger partial charge < -0.3 is 10.0 Å². The van der Waals surface area contributed by atoms with Gasteiger partial charge in [-0.1, -0.05) is 68.7 Å². The van der Waals surface area contributed by atoms with Crippen LogP contribution in [-0.4, -0.2) is 45.3 Å².